The van der Waals surface area contributed by atoms with Crippen LogP contribution in [0.5, 0.6) is 0 Å². The van der Waals surface area contributed by atoms with Crippen LogP contribution in [0.4, 0.5) is 0 Å². The van der Waals surface area contributed by atoms with Crippen molar-refractivity contribution < 1.29 is 0 Å². The van der Waals surface area contributed by atoms with Gasteiger partial charge >= 0.3 is 0 Å². The first-order chi connectivity index (χ1) is 10.5. The highest BCUT2D eigenvalue weighted by Gasteiger charge is 2.07. The van der Waals surface area contributed by atoms with Crippen molar-refractivity contribution in [3.63, 3.8) is 0 Å². The lowest BCUT2D eigenvalue weighted by atomic mass is 9.90. The molecule has 0 aromatic carbocycles. The fourth-order valence-corrected chi connectivity index (χ4v) is 3.49. The van der Waals surface area contributed by atoms with Crippen molar-refractivity contribution >= 4 is 0 Å². The van der Waals surface area contributed by atoms with E-state index in [9.17, 15) is 0 Å². The fraction of sp³-hybridized carbons (Fsp3) is 1.00. The average molecular weight is 311 g/mol. The second-order valence-corrected chi connectivity index (χ2v) is 8.64. The van der Waals surface area contributed by atoms with Crippen molar-refractivity contribution in [1.82, 2.24) is 0 Å². The molecule has 0 aliphatic carbocycles. The van der Waals surface area contributed by atoms with Gasteiger partial charge in [-0.05, 0) is 23.7 Å². The van der Waals surface area contributed by atoms with Crippen molar-refractivity contribution in [2.24, 2.45) is 23.7 Å². The van der Waals surface area contributed by atoms with Crippen molar-refractivity contribution in [1.29, 1.82) is 0 Å². The molecule has 0 nitrogen and oxygen atoms in total. The second-order valence-electron chi connectivity index (χ2n) is 8.64. The molecule has 0 aromatic heterocycles. The average Bonchev–Trinajstić information content (AvgIpc) is 2.44. The summed E-state index contributed by atoms with van der Waals surface area (Å²) in [6.07, 6.45) is 17.2. The van der Waals surface area contributed by atoms with E-state index in [4.69, 9.17) is 0 Å². The summed E-state index contributed by atoms with van der Waals surface area (Å²) >= 11 is 0. The van der Waals surface area contributed by atoms with Gasteiger partial charge in [0.25, 0.3) is 0 Å². The zero-order valence-corrected chi connectivity index (χ0v) is 16.8. The Morgan fingerprint density at radius 1 is 0.455 bits per heavy atom. The lowest BCUT2D eigenvalue weighted by molar-refractivity contribution is 0.372. The van der Waals surface area contributed by atoms with Crippen LogP contribution in [0.15, 0.2) is 0 Å². The van der Waals surface area contributed by atoms with Crippen LogP contribution in [0.25, 0.3) is 0 Å². The SMILES string of the molecule is CCCCC(C)CCCC(C)CCCC(C)CCCC(C)C. The summed E-state index contributed by atoms with van der Waals surface area (Å²) in [5.41, 5.74) is 0. The molecule has 0 aliphatic heterocycles. The van der Waals surface area contributed by atoms with E-state index in [1.165, 1.54) is 77.0 Å². The quantitative estimate of drug-likeness (QED) is 0.285. The summed E-state index contributed by atoms with van der Waals surface area (Å²) in [4.78, 5) is 0. The molecule has 22 heavy (non-hydrogen) atoms. The van der Waals surface area contributed by atoms with E-state index in [1.54, 1.807) is 0 Å². The van der Waals surface area contributed by atoms with Crippen LogP contribution >= 0.6 is 0 Å². The number of hydrogen-bond donors (Lipinski definition) is 0. The van der Waals surface area contributed by atoms with Gasteiger partial charge in [-0.25, -0.2) is 0 Å². The van der Waals surface area contributed by atoms with E-state index in [1.807, 2.05) is 0 Å². The minimum atomic E-state index is 0.881. The summed E-state index contributed by atoms with van der Waals surface area (Å²) in [6, 6.07) is 0. The first-order valence-corrected chi connectivity index (χ1v) is 10.5. The van der Waals surface area contributed by atoms with Crippen LogP contribution < -0.4 is 0 Å². The maximum absolute atomic E-state index is 2.47. The zero-order chi connectivity index (χ0) is 16.8. The van der Waals surface area contributed by atoms with Gasteiger partial charge in [-0.2, -0.15) is 0 Å². The smallest absolute Gasteiger partial charge is 0.0443 e. The zero-order valence-electron chi connectivity index (χ0n) is 16.8. The third-order valence-corrected chi connectivity index (χ3v) is 5.32. The predicted molar refractivity (Wildman–Crippen MR) is 103 cm³/mol. The van der Waals surface area contributed by atoms with Gasteiger partial charge in [0.05, 0.1) is 0 Å². The molecule has 0 saturated heterocycles. The fourth-order valence-electron chi connectivity index (χ4n) is 3.49. The molecule has 0 amide bonds. The molecule has 0 aliphatic rings. The van der Waals surface area contributed by atoms with Gasteiger partial charge < -0.3 is 0 Å². The van der Waals surface area contributed by atoms with E-state index in [0.29, 0.717) is 0 Å². The van der Waals surface area contributed by atoms with Gasteiger partial charge in [0, 0.05) is 0 Å². The molecule has 0 aromatic rings. The number of unbranched alkanes of at least 4 members (excludes halogenated alkanes) is 1. The highest BCUT2D eigenvalue weighted by Crippen LogP contribution is 2.23. The molecule has 0 heterocycles. The van der Waals surface area contributed by atoms with Crippen LogP contribution in [0.3, 0.4) is 0 Å². The molecule has 3 atom stereocenters. The Labute approximate surface area is 142 Å². The Balaban J connectivity index is 3.46. The van der Waals surface area contributed by atoms with Crippen molar-refractivity contribution in [2.45, 2.75) is 119 Å². The molecule has 0 spiro atoms. The van der Waals surface area contributed by atoms with E-state index in [2.05, 4.69) is 41.5 Å². The lowest BCUT2D eigenvalue weighted by Gasteiger charge is -2.16. The molecular formula is C22H46. The van der Waals surface area contributed by atoms with Crippen molar-refractivity contribution in [3.05, 3.63) is 0 Å². The number of rotatable bonds is 15. The minimum Gasteiger partial charge on any atom is -0.0654 e. The molecule has 0 radical (unpaired) electrons. The number of hydrogen-bond acceptors (Lipinski definition) is 0. The molecule has 134 valence electrons. The highest BCUT2D eigenvalue weighted by atomic mass is 14.1. The van der Waals surface area contributed by atoms with E-state index in [-0.39, 0.29) is 0 Å². The van der Waals surface area contributed by atoms with E-state index >= 15 is 0 Å². The van der Waals surface area contributed by atoms with Crippen molar-refractivity contribution in [2.75, 3.05) is 0 Å². The normalized spacial score (nSPS) is 16.0. The highest BCUT2D eigenvalue weighted by molar-refractivity contribution is 4.61. The van der Waals surface area contributed by atoms with Gasteiger partial charge in [-0.1, -0.05) is 119 Å². The maximum Gasteiger partial charge on any atom is -0.0443 e. The van der Waals surface area contributed by atoms with E-state index < -0.39 is 0 Å². The Bertz CT molecular complexity index is 218. The summed E-state index contributed by atoms with van der Waals surface area (Å²) in [5, 5.41) is 0. The third kappa shape index (κ3) is 14.9. The summed E-state index contributed by atoms with van der Waals surface area (Å²) in [7, 11) is 0. The Morgan fingerprint density at radius 2 is 0.773 bits per heavy atom. The van der Waals surface area contributed by atoms with Gasteiger partial charge in [-0.15, -0.1) is 0 Å². The Morgan fingerprint density at radius 3 is 1.09 bits per heavy atom. The van der Waals surface area contributed by atoms with Crippen LogP contribution in [-0.2, 0) is 0 Å². The molecule has 0 fully saturated rings. The summed E-state index contributed by atoms with van der Waals surface area (Å²) in [6.45, 7) is 14.4. The molecule has 0 N–H and O–H groups in total. The van der Waals surface area contributed by atoms with E-state index in [0.717, 1.165) is 23.7 Å². The van der Waals surface area contributed by atoms with Crippen LogP contribution in [0.2, 0.25) is 0 Å². The van der Waals surface area contributed by atoms with Gasteiger partial charge in [0.2, 0.25) is 0 Å². The second kappa shape index (κ2) is 14.6. The molecule has 0 heteroatoms. The first-order valence-electron chi connectivity index (χ1n) is 10.5. The monoisotopic (exact) mass is 310 g/mol. The molecule has 0 saturated carbocycles. The third-order valence-electron chi connectivity index (χ3n) is 5.32. The van der Waals surface area contributed by atoms with Crippen LogP contribution in [-0.4, -0.2) is 0 Å². The van der Waals surface area contributed by atoms with Gasteiger partial charge in [0.15, 0.2) is 0 Å². The summed E-state index contributed by atoms with van der Waals surface area (Å²) in [5.74, 6) is 3.72. The van der Waals surface area contributed by atoms with Crippen molar-refractivity contribution in [3.8, 4) is 0 Å². The first kappa shape index (κ1) is 22.0. The predicted octanol–water partition coefficient (Wildman–Crippen LogP) is 8.25. The van der Waals surface area contributed by atoms with Gasteiger partial charge in [-0.3, -0.25) is 0 Å². The maximum atomic E-state index is 2.47. The molecule has 3 unspecified atom stereocenters. The molecule has 0 bridgehead atoms. The van der Waals surface area contributed by atoms with Gasteiger partial charge in [0.1, 0.15) is 0 Å². The topological polar surface area (TPSA) is 0 Å². The Kier molecular flexibility index (Phi) is 14.6. The molecular weight excluding hydrogens is 264 g/mol. The Hall–Kier alpha value is 0. The van der Waals surface area contributed by atoms with Crippen LogP contribution in [0, 0.1) is 23.7 Å². The standard InChI is InChI=1S/C22H46/c1-7-8-13-20(4)15-10-17-22(6)18-11-16-21(5)14-9-12-19(2)3/h19-22H,7-18H2,1-6H3. The minimum absolute atomic E-state index is 0.881. The lowest BCUT2D eigenvalue weighted by Crippen LogP contribution is -2.01. The summed E-state index contributed by atoms with van der Waals surface area (Å²) < 4.78 is 0. The molecule has 0 rings (SSSR count). The largest absolute Gasteiger partial charge is 0.0654 e. The van der Waals surface area contributed by atoms with Crippen LogP contribution in [0.1, 0.15) is 119 Å².